The van der Waals surface area contributed by atoms with Gasteiger partial charge in [-0.3, -0.25) is 4.79 Å². The van der Waals surface area contributed by atoms with Gasteiger partial charge in [0.05, 0.1) is 12.2 Å². The van der Waals surface area contributed by atoms with E-state index in [1.54, 1.807) is 0 Å². The maximum Gasteiger partial charge on any atom is 0.253 e. The first-order chi connectivity index (χ1) is 10.3. The summed E-state index contributed by atoms with van der Waals surface area (Å²) in [6.07, 6.45) is 4.59. The Morgan fingerprint density at radius 1 is 1.24 bits per heavy atom. The van der Waals surface area contributed by atoms with Crippen molar-refractivity contribution < 1.29 is 9.53 Å². The second-order valence-electron chi connectivity index (χ2n) is 5.65. The lowest BCUT2D eigenvalue weighted by molar-refractivity contribution is -0.128. The Kier molecular flexibility index (Phi) is 2.95. The van der Waals surface area contributed by atoms with Gasteiger partial charge in [0, 0.05) is 43.0 Å². The van der Waals surface area contributed by atoms with E-state index in [1.807, 2.05) is 11.0 Å². The number of amides is 1. The van der Waals surface area contributed by atoms with Crippen molar-refractivity contribution in [3.05, 3.63) is 47.4 Å². The summed E-state index contributed by atoms with van der Waals surface area (Å²) in [7, 11) is 0. The van der Waals surface area contributed by atoms with Crippen LogP contribution in [-0.4, -0.2) is 35.5 Å². The number of benzene rings is 1. The lowest BCUT2D eigenvalue weighted by Crippen LogP contribution is -2.37. The van der Waals surface area contributed by atoms with Gasteiger partial charge in [-0.25, -0.2) is 0 Å². The highest BCUT2D eigenvalue weighted by molar-refractivity contribution is 5.95. The lowest BCUT2D eigenvalue weighted by atomic mass is 10.0. The summed E-state index contributed by atoms with van der Waals surface area (Å²) < 4.78 is 5.51. The summed E-state index contributed by atoms with van der Waals surface area (Å²) in [5.74, 6) is 1.11. The topological polar surface area (TPSA) is 45.3 Å². The fraction of sp³-hybridized carbons (Fsp3) is 0.353. The largest absolute Gasteiger partial charge is 0.497 e. The summed E-state index contributed by atoms with van der Waals surface area (Å²) in [5.41, 5.74) is 3.34. The van der Waals surface area contributed by atoms with Gasteiger partial charge in [-0.1, -0.05) is 18.2 Å². The molecule has 21 heavy (non-hydrogen) atoms. The number of ether oxygens (including phenoxy) is 1. The molecule has 1 aromatic heterocycles. The number of hydrogen-bond acceptors (Lipinski definition) is 2. The standard InChI is InChI=1S/C17H18N2O2/c20-17-14-7-10-21-16(14)6-9-19(17)8-5-12-11-18-15-4-2-1-3-13(12)15/h1-4,11,18H,5-10H2. The SMILES string of the molecule is O=C1C2=C(CCN1CCc1c[nH]c3ccccc13)OCC2. The Labute approximate surface area is 123 Å². The number of nitrogens with one attached hydrogen (secondary N) is 1. The van der Waals surface area contributed by atoms with Crippen LogP contribution in [0.2, 0.25) is 0 Å². The van der Waals surface area contributed by atoms with E-state index in [0.29, 0.717) is 6.61 Å². The second-order valence-corrected chi connectivity index (χ2v) is 5.65. The number of carbonyl (C=O) groups excluding carboxylic acids is 1. The van der Waals surface area contributed by atoms with E-state index in [0.717, 1.165) is 49.2 Å². The molecule has 0 radical (unpaired) electrons. The first kappa shape index (κ1) is 12.5. The number of nitrogens with zero attached hydrogens (tertiary/aromatic N) is 1. The van der Waals surface area contributed by atoms with Crippen molar-refractivity contribution in [3.63, 3.8) is 0 Å². The molecule has 0 bridgehead atoms. The maximum atomic E-state index is 12.4. The number of H-pyrrole nitrogens is 1. The van der Waals surface area contributed by atoms with Gasteiger partial charge in [0.1, 0.15) is 5.76 Å². The molecule has 0 saturated carbocycles. The van der Waals surface area contributed by atoms with Crippen LogP contribution in [0.15, 0.2) is 41.8 Å². The number of fused-ring (bicyclic) bond motifs is 1. The maximum absolute atomic E-state index is 12.4. The highest BCUT2D eigenvalue weighted by Crippen LogP contribution is 2.28. The Balaban J connectivity index is 1.49. The summed E-state index contributed by atoms with van der Waals surface area (Å²) in [6.45, 7) is 2.23. The van der Waals surface area contributed by atoms with Crippen LogP contribution in [0, 0.1) is 0 Å². The van der Waals surface area contributed by atoms with Gasteiger partial charge in [0.25, 0.3) is 5.91 Å². The molecule has 0 aliphatic carbocycles. The van der Waals surface area contributed by atoms with Crippen LogP contribution in [-0.2, 0) is 16.0 Å². The van der Waals surface area contributed by atoms with E-state index < -0.39 is 0 Å². The minimum Gasteiger partial charge on any atom is -0.497 e. The van der Waals surface area contributed by atoms with E-state index in [2.05, 4.69) is 29.4 Å². The quantitative estimate of drug-likeness (QED) is 0.940. The molecular weight excluding hydrogens is 264 g/mol. The predicted octanol–water partition coefficient (Wildman–Crippen LogP) is 2.62. The van der Waals surface area contributed by atoms with Crippen LogP contribution in [0.1, 0.15) is 18.4 Å². The number of rotatable bonds is 3. The number of aromatic nitrogens is 1. The van der Waals surface area contributed by atoms with E-state index >= 15 is 0 Å². The van der Waals surface area contributed by atoms with Gasteiger partial charge in [0.15, 0.2) is 0 Å². The molecule has 3 heterocycles. The van der Waals surface area contributed by atoms with E-state index in [9.17, 15) is 4.79 Å². The van der Waals surface area contributed by atoms with Crippen LogP contribution in [0.25, 0.3) is 10.9 Å². The molecular formula is C17H18N2O2. The molecule has 4 nitrogen and oxygen atoms in total. The monoisotopic (exact) mass is 282 g/mol. The third kappa shape index (κ3) is 2.11. The molecule has 0 unspecified atom stereocenters. The highest BCUT2D eigenvalue weighted by Gasteiger charge is 2.30. The van der Waals surface area contributed by atoms with Gasteiger partial charge < -0.3 is 14.6 Å². The summed E-state index contributed by atoms with van der Waals surface area (Å²) in [5, 5.41) is 1.26. The molecule has 1 amide bonds. The van der Waals surface area contributed by atoms with Gasteiger partial charge >= 0.3 is 0 Å². The summed E-state index contributed by atoms with van der Waals surface area (Å²) >= 11 is 0. The van der Waals surface area contributed by atoms with E-state index in [4.69, 9.17) is 4.74 Å². The van der Waals surface area contributed by atoms with Gasteiger partial charge in [0.2, 0.25) is 0 Å². The zero-order valence-electron chi connectivity index (χ0n) is 11.9. The molecule has 2 aliphatic heterocycles. The predicted molar refractivity (Wildman–Crippen MR) is 80.8 cm³/mol. The van der Waals surface area contributed by atoms with Crippen LogP contribution < -0.4 is 0 Å². The molecule has 4 rings (SSSR count). The lowest BCUT2D eigenvalue weighted by Gasteiger charge is -2.27. The number of hydrogen-bond donors (Lipinski definition) is 1. The van der Waals surface area contributed by atoms with Crippen LogP contribution in [0.3, 0.4) is 0 Å². The van der Waals surface area contributed by atoms with Crippen molar-refractivity contribution in [1.82, 2.24) is 9.88 Å². The smallest absolute Gasteiger partial charge is 0.253 e. The van der Waals surface area contributed by atoms with Gasteiger partial charge in [-0.2, -0.15) is 0 Å². The molecule has 2 aliphatic rings. The Hall–Kier alpha value is -2.23. The number of para-hydroxylation sites is 1. The molecule has 108 valence electrons. The van der Waals surface area contributed by atoms with E-state index in [-0.39, 0.29) is 5.91 Å². The van der Waals surface area contributed by atoms with Crippen LogP contribution in [0.5, 0.6) is 0 Å². The molecule has 4 heteroatoms. The van der Waals surface area contributed by atoms with Crippen molar-refractivity contribution >= 4 is 16.8 Å². The Bertz CT molecular complexity index is 729. The fourth-order valence-corrected chi connectivity index (χ4v) is 3.29. The first-order valence-corrected chi connectivity index (χ1v) is 7.52. The Morgan fingerprint density at radius 2 is 2.14 bits per heavy atom. The minimum atomic E-state index is 0.175. The van der Waals surface area contributed by atoms with Crippen molar-refractivity contribution in [2.24, 2.45) is 0 Å². The number of aromatic amines is 1. The zero-order valence-corrected chi connectivity index (χ0v) is 11.9. The molecule has 1 N–H and O–H groups in total. The third-order valence-electron chi connectivity index (χ3n) is 4.45. The summed E-state index contributed by atoms with van der Waals surface area (Å²) in [6, 6.07) is 8.30. The van der Waals surface area contributed by atoms with Crippen molar-refractivity contribution in [1.29, 1.82) is 0 Å². The molecule has 0 fully saturated rings. The number of carbonyl (C=O) groups is 1. The van der Waals surface area contributed by atoms with Crippen molar-refractivity contribution in [2.45, 2.75) is 19.3 Å². The average molecular weight is 282 g/mol. The summed E-state index contributed by atoms with van der Waals surface area (Å²) in [4.78, 5) is 17.7. The normalized spacial score (nSPS) is 18.3. The van der Waals surface area contributed by atoms with Crippen molar-refractivity contribution in [3.8, 4) is 0 Å². The van der Waals surface area contributed by atoms with Crippen LogP contribution in [0.4, 0.5) is 0 Å². The molecule has 0 atom stereocenters. The molecule has 0 spiro atoms. The molecule has 0 saturated heterocycles. The Morgan fingerprint density at radius 3 is 3.10 bits per heavy atom. The molecule has 2 aromatic rings. The minimum absolute atomic E-state index is 0.175. The van der Waals surface area contributed by atoms with Crippen LogP contribution >= 0.6 is 0 Å². The van der Waals surface area contributed by atoms with E-state index in [1.165, 1.54) is 10.9 Å². The molecule has 1 aromatic carbocycles. The fourth-order valence-electron chi connectivity index (χ4n) is 3.29. The van der Waals surface area contributed by atoms with Crippen molar-refractivity contribution in [2.75, 3.05) is 19.7 Å². The first-order valence-electron chi connectivity index (χ1n) is 7.52. The zero-order chi connectivity index (χ0) is 14.2. The van der Waals surface area contributed by atoms with Gasteiger partial charge in [-0.05, 0) is 18.1 Å². The van der Waals surface area contributed by atoms with Gasteiger partial charge in [-0.15, -0.1) is 0 Å². The highest BCUT2D eigenvalue weighted by atomic mass is 16.5. The average Bonchev–Trinajstić information content (AvgIpc) is 3.13. The second kappa shape index (κ2) is 4.95. The third-order valence-corrected chi connectivity index (χ3v) is 4.45.